The molecule has 1 rings (SSSR count). The topological polar surface area (TPSA) is 152 Å². The van der Waals surface area contributed by atoms with Crippen molar-refractivity contribution in [3.05, 3.63) is 34.4 Å². The van der Waals surface area contributed by atoms with Crippen LogP contribution in [0.1, 0.15) is 31.8 Å². The molecule has 1 aromatic rings. The number of carboxylic acids is 2. The number of hydrogen-bond donors (Lipinski definition) is 4. The highest BCUT2D eigenvalue weighted by Crippen LogP contribution is 2.21. The number of aliphatic hydroxyl groups excluding tert-OH is 2. The fourth-order valence-electron chi connectivity index (χ4n) is 2.01. The van der Waals surface area contributed by atoms with Crippen LogP contribution in [0.15, 0.2) is 12.1 Å². The van der Waals surface area contributed by atoms with Gasteiger partial charge in [0.15, 0.2) is 0 Å². The average molecular weight is 374 g/mol. The Morgan fingerprint density at radius 1 is 0.808 bits per heavy atom. The summed E-state index contributed by atoms with van der Waals surface area (Å²) in [7, 11) is 0. The summed E-state index contributed by atoms with van der Waals surface area (Å²) < 4.78 is 20.4. The van der Waals surface area contributed by atoms with Crippen LogP contribution in [0.2, 0.25) is 0 Å². The number of aromatic carboxylic acids is 2. The molecule has 0 spiro atoms. The Morgan fingerprint density at radius 3 is 1.88 bits per heavy atom. The minimum absolute atomic E-state index is 0.0713. The normalized spacial score (nSPS) is 10.8. The van der Waals surface area contributed by atoms with E-state index in [-0.39, 0.29) is 69.9 Å². The number of carboxylic acid groups (broad SMARTS) is 2. The third-order valence-corrected chi connectivity index (χ3v) is 3.13. The van der Waals surface area contributed by atoms with Gasteiger partial charge in [-0.3, -0.25) is 0 Å². The zero-order valence-corrected chi connectivity index (χ0v) is 14.0. The largest absolute Gasteiger partial charge is 0.478 e. The molecule has 146 valence electrons. The predicted octanol–water partition coefficient (Wildman–Crippen LogP) is 0.0490. The first-order valence-electron chi connectivity index (χ1n) is 7.66. The van der Waals surface area contributed by atoms with Crippen LogP contribution < -0.4 is 0 Å². The van der Waals surface area contributed by atoms with Crippen molar-refractivity contribution in [1.29, 1.82) is 0 Å². The summed E-state index contributed by atoms with van der Waals surface area (Å²) in [5.74, 6) is -2.58. The van der Waals surface area contributed by atoms with Gasteiger partial charge in [0, 0.05) is 0 Å². The van der Waals surface area contributed by atoms with Crippen LogP contribution in [0.3, 0.4) is 0 Å². The Labute approximate surface area is 149 Å². The molecule has 26 heavy (non-hydrogen) atoms. The third kappa shape index (κ3) is 7.44. The van der Waals surface area contributed by atoms with Crippen LogP contribution in [-0.4, -0.2) is 72.4 Å². The fourth-order valence-corrected chi connectivity index (χ4v) is 2.01. The molecule has 10 nitrogen and oxygen atoms in total. The molecular weight excluding hydrogens is 352 g/mol. The molecule has 4 N–H and O–H groups in total. The molecule has 0 saturated carbocycles. The van der Waals surface area contributed by atoms with Crippen molar-refractivity contribution in [3.63, 3.8) is 0 Å². The Kier molecular flexibility index (Phi) is 10.4. The monoisotopic (exact) mass is 374 g/mol. The molecule has 0 amide bonds. The molecule has 0 aromatic heterocycles. The number of hydrogen-bond acceptors (Lipinski definition) is 8. The van der Waals surface area contributed by atoms with E-state index in [1.807, 2.05) is 0 Å². The summed E-state index contributed by atoms with van der Waals surface area (Å²) in [4.78, 5) is 22.7. The minimum Gasteiger partial charge on any atom is -0.478 e. The van der Waals surface area contributed by atoms with E-state index in [2.05, 4.69) is 0 Å². The van der Waals surface area contributed by atoms with Crippen LogP contribution in [-0.2, 0) is 32.2 Å². The Balaban J connectivity index is 2.95. The second-order valence-corrected chi connectivity index (χ2v) is 4.97. The quantitative estimate of drug-likeness (QED) is 0.259. The van der Waals surface area contributed by atoms with E-state index in [1.165, 1.54) is 6.07 Å². The van der Waals surface area contributed by atoms with E-state index < -0.39 is 11.9 Å². The molecule has 0 bridgehead atoms. The number of aliphatic hydroxyl groups is 2. The maximum absolute atomic E-state index is 11.5. The number of benzene rings is 1. The lowest BCUT2D eigenvalue weighted by molar-refractivity contribution is -0.0746. The number of ether oxygens (including phenoxy) is 4. The van der Waals surface area contributed by atoms with E-state index >= 15 is 0 Å². The predicted molar refractivity (Wildman–Crippen MR) is 85.7 cm³/mol. The van der Waals surface area contributed by atoms with Crippen LogP contribution in [0.5, 0.6) is 0 Å². The van der Waals surface area contributed by atoms with Crippen molar-refractivity contribution in [3.8, 4) is 0 Å². The molecule has 0 aliphatic carbocycles. The van der Waals surface area contributed by atoms with Crippen LogP contribution >= 0.6 is 0 Å². The molecule has 0 aliphatic heterocycles. The van der Waals surface area contributed by atoms with Crippen molar-refractivity contribution >= 4 is 11.9 Å². The first kappa shape index (κ1) is 22.0. The second kappa shape index (κ2) is 12.3. The van der Waals surface area contributed by atoms with Crippen LogP contribution in [0.25, 0.3) is 0 Å². The molecule has 1 aromatic carbocycles. The van der Waals surface area contributed by atoms with Gasteiger partial charge in [-0.2, -0.15) is 0 Å². The van der Waals surface area contributed by atoms with Gasteiger partial charge in [-0.05, 0) is 23.3 Å². The maximum Gasteiger partial charge on any atom is 0.336 e. The first-order valence-corrected chi connectivity index (χ1v) is 7.66. The number of carbonyl (C=O) groups is 2. The Morgan fingerprint density at radius 2 is 1.38 bits per heavy atom. The fraction of sp³-hybridized carbons (Fsp3) is 0.500. The number of rotatable bonds is 14. The van der Waals surface area contributed by atoms with E-state index in [0.717, 1.165) is 6.07 Å². The Bertz CT molecular complexity index is 587. The summed E-state index contributed by atoms with van der Waals surface area (Å²) in [5.41, 5.74) is 0.147. The smallest absolute Gasteiger partial charge is 0.336 e. The van der Waals surface area contributed by atoms with E-state index in [1.54, 1.807) is 0 Å². The molecule has 0 radical (unpaired) electrons. The lowest BCUT2D eigenvalue weighted by atomic mass is 9.98. The van der Waals surface area contributed by atoms with Gasteiger partial charge in [0.25, 0.3) is 0 Å². The highest BCUT2D eigenvalue weighted by Gasteiger charge is 2.19. The van der Waals surface area contributed by atoms with E-state index in [9.17, 15) is 14.7 Å². The molecule has 0 saturated heterocycles. The van der Waals surface area contributed by atoms with Gasteiger partial charge in [-0.15, -0.1) is 0 Å². The molecule has 0 atom stereocenters. The summed E-state index contributed by atoms with van der Waals surface area (Å²) >= 11 is 0. The summed E-state index contributed by atoms with van der Waals surface area (Å²) in [6, 6.07) is 2.35. The molecule has 0 aliphatic rings. The molecular formula is C16H22O10. The highest BCUT2D eigenvalue weighted by atomic mass is 16.7. The van der Waals surface area contributed by atoms with Gasteiger partial charge in [-0.25, -0.2) is 9.59 Å². The van der Waals surface area contributed by atoms with Crippen LogP contribution in [0.4, 0.5) is 0 Å². The van der Waals surface area contributed by atoms with Crippen molar-refractivity contribution in [1.82, 2.24) is 0 Å². The maximum atomic E-state index is 11.5. The lowest BCUT2D eigenvalue weighted by Gasteiger charge is -2.15. The van der Waals surface area contributed by atoms with E-state index in [4.69, 9.17) is 34.3 Å². The zero-order chi connectivity index (χ0) is 19.4. The summed E-state index contributed by atoms with van der Waals surface area (Å²) in [5, 5.41) is 35.8. The lowest BCUT2D eigenvalue weighted by Crippen LogP contribution is -2.14. The second-order valence-electron chi connectivity index (χ2n) is 4.97. The molecule has 10 heteroatoms. The average Bonchev–Trinajstić information content (AvgIpc) is 2.61. The SMILES string of the molecule is O=C(O)c1cc(COCOCCO)c(COCOCCO)c(C(=O)O)c1. The van der Waals surface area contributed by atoms with Crippen molar-refractivity contribution in [2.75, 3.05) is 40.0 Å². The summed E-state index contributed by atoms with van der Waals surface area (Å²) in [6.07, 6.45) is 0. The van der Waals surface area contributed by atoms with Crippen molar-refractivity contribution in [2.45, 2.75) is 13.2 Å². The summed E-state index contributed by atoms with van der Waals surface area (Å²) in [6.45, 7) is -0.778. The minimum atomic E-state index is -1.30. The molecule has 0 fully saturated rings. The van der Waals surface area contributed by atoms with E-state index in [0.29, 0.717) is 5.56 Å². The van der Waals surface area contributed by atoms with Gasteiger partial charge in [-0.1, -0.05) is 0 Å². The van der Waals surface area contributed by atoms with Crippen LogP contribution in [0, 0.1) is 0 Å². The highest BCUT2D eigenvalue weighted by molar-refractivity contribution is 5.95. The van der Waals surface area contributed by atoms with Gasteiger partial charge in [0.05, 0.1) is 50.8 Å². The van der Waals surface area contributed by atoms with Crippen molar-refractivity contribution < 1.29 is 49.0 Å². The Hall–Kier alpha value is -2.08. The van der Waals surface area contributed by atoms with Gasteiger partial charge in [0.1, 0.15) is 13.6 Å². The molecule has 0 heterocycles. The van der Waals surface area contributed by atoms with Gasteiger partial charge >= 0.3 is 11.9 Å². The third-order valence-electron chi connectivity index (χ3n) is 3.13. The molecule has 0 unspecified atom stereocenters. The zero-order valence-electron chi connectivity index (χ0n) is 14.0. The van der Waals surface area contributed by atoms with Gasteiger partial charge in [0.2, 0.25) is 0 Å². The van der Waals surface area contributed by atoms with Crippen molar-refractivity contribution in [2.24, 2.45) is 0 Å². The first-order chi connectivity index (χ1) is 12.5. The van der Waals surface area contributed by atoms with Gasteiger partial charge < -0.3 is 39.4 Å². The standard InChI is InChI=1S/C16H22O10/c17-1-3-23-9-25-7-12-5-11(15(19)20)6-13(16(21)22)14(12)8-26-10-24-4-2-18/h5-6,17-18H,1-4,7-10H2,(H,19,20)(H,21,22).